The van der Waals surface area contributed by atoms with E-state index < -0.39 is 18.1 Å². The number of aliphatic carboxylic acids is 1. The van der Waals surface area contributed by atoms with Gasteiger partial charge in [0.05, 0.1) is 25.5 Å². The van der Waals surface area contributed by atoms with Crippen LogP contribution in [-0.4, -0.2) is 52.3 Å². The number of benzene rings is 1. The Morgan fingerprint density at radius 1 is 1.26 bits per heavy atom. The van der Waals surface area contributed by atoms with Gasteiger partial charge < -0.3 is 24.7 Å². The van der Waals surface area contributed by atoms with Crippen molar-refractivity contribution in [2.45, 2.75) is 46.0 Å². The molecule has 0 saturated carbocycles. The molecule has 0 radical (unpaired) electrons. The highest BCUT2D eigenvalue weighted by molar-refractivity contribution is 5.90. The molecule has 0 unspecified atom stereocenters. The normalized spacial score (nSPS) is 13.8. The topological polar surface area (TPSA) is 118 Å². The number of fused-ring (bicyclic) bond motifs is 5. The number of rotatable bonds is 3. The maximum absolute atomic E-state index is 12.6. The zero-order valence-electron chi connectivity index (χ0n) is 18.6. The van der Waals surface area contributed by atoms with Gasteiger partial charge in [0.15, 0.2) is 16.9 Å². The first-order valence-electron chi connectivity index (χ1n) is 10.4. The number of phenolic OH excluding ortho intramolecular Hbond substituents is 1. The zero-order chi connectivity index (χ0) is 25.4. The van der Waals surface area contributed by atoms with E-state index in [9.17, 15) is 27.9 Å². The second kappa shape index (κ2) is 9.27. The largest absolute Gasteiger partial charge is 0.504 e. The number of carboxylic acid groups (broad SMARTS) is 1. The van der Waals surface area contributed by atoms with E-state index in [0.717, 1.165) is 16.7 Å². The second-order valence-electron chi connectivity index (χ2n) is 7.83. The molecule has 0 fully saturated rings. The molecule has 0 bridgehead atoms. The summed E-state index contributed by atoms with van der Waals surface area (Å²) in [5.41, 5.74) is 3.09. The molecule has 0 spiro atoms. The fraction of sp³-hybridized carbons (Fsp3) is 0.409. The van der Waals surface area contributed by atoms with Gasteiger partial charge in [-0.3, -0.25) is 9.47 Å². The minimum Gasteiger partial charge on any atom is -0.504 e. The predicted molar refractivity (Wildman–Crippen MR) is 114 cm³/mol. The van der Waals surface area contributed by atoms with Crippen LogP contribution >= 0.6 is 0 Å². The maximum atomic E-state index is 12.6. The number of aromatic nitrogens is 1. The molecule has 2 aromatic rings. The van der Waals surface area contributed by atoms with E-state index in [2.05, 4.69) is 0 Å². The van der Waals surface area contributed by atoms with Crippen LogP contribution in [0.4, 0.5) is 13.2 Å². The van der Waals surface area contributed by atoms with Crippen LogP contribution in [0, 0.1) is 0 Å². The van der Waals surface area contributed by atoms with Gasteiger partial charge in [-0.05, 0) is 32.4 Å². The highest BCUT2D eigenvalue weighted by Gasteiger charge is 2.38. The molecule has 0 saturated heterocycles. The number of carbonyl (C=O) groups excluding carboxylic acids is 1. The SMILES string of the molecule is CCOC(=O)c1cn2c(cc1=O)-c1c(cc(O)c3c1CCO3)CN2C(C)C.O=C(O)C(F)(F)F. The van der Waals surface area contributed by atoms with Gasteiger partial charge in [-0.1, -0.05) is 0 Å². The van der Waals surface area contributed by atoms with Crippen molar-refractivity contribution in [3.8, 4) is 22.8 Å². The third kappa shape index (κ3) is 4.66. The van der Waals surface area contributed by atoms with Gasteiger partial charge in [0, 0.05) is 35.9 Å². The van der Waals surface area contributed by atoms with Gasteiger partial charge in [-0.2, -0.15) is 13.2 Å². The molecule has 0 aliphatic carbocycles. The van der Waals surface area contributed by atoms with Gasteiger partial charge in [0.25, 0.3) is 0 Å². The summed E-state index contributed by atoms with van der Waals surface area (Å²) in [6.07, 6.45) is -2.85. The van der Waals surface area contributed by atoms with Crippen LogP contribution in [0.2, 0.25) is 0 Å². The number of phenols is 1. The number of pyridine rings is 1. The number of nitrogens with zero attached hydrogens (tertiary/aromatic N) is 2. The third-order valence-electron chi connectivity index (χ3n) is 5.27. The first kappa shape index (κ1) is 24.9. The summed E-state index contributed by atoms with van der Waals surface area (Å²) in [6, 6.07) is 3.30. The molecular weight excluding hydrogens is 461 g/mol. The number of carboxylic acids is 1. The summed E-state index contributed by atoms with van der Waals surface area (Å²) >= 11 is 0. The second-order valence-corrected chi connectivity index (χ2v) is 7.83. The molecule has 4 rings (SSSR count). The maximum Gasteiger partial charge on any atom is 0.490 e. The lowest BCUT2D eigenvalue weighted by molar-refractivity contribution is -0.192. The summed E-state index contributed by atoms with van der Waals surface area (Å²) in [6.45, 7) is 7.03. The summed E-state index contributed by atoms with van der Waals surface area (Å²) in [5, 5.41) is 19.5. The number of hydrogen-bond donors (Lipinski definition) is 2. The van der Waals surface area contributed by atoms with E-state index in [4.69, 9.17) is 19.4 Å². The summed E-state index contributed by atoms with van der Waals surface area (Å²) < 4.78 is 44.2. The van der Waals surface area contributed by atoms with Crippen LogP contribution < -0.4 is 15.2 Å². The van der Waals surface area contributed by atoms with Gasteiger partial charge >= 0.3 is 18.1 Å². The fourth-order valence-electron chi connectivity index (χ4n) is 3.83. The summed E-state index contributed by atoms with van der Waals surface area (Å²) in [4.78, 5) is 33.7. The standard InChI is InChI=1S/C20H22N2O5.C2HF3O2/c1-4-26-20(25)14-10-22-15(8-16(14)23)18-12(9-21(22)11(2)3)7-17(24)19-13(18)5-6-27-19;3-2(4,5)1(6)7/h7-8,10-11,24H,4-6,9H2,1-3H3;(H,6,7). The van der Waals surface area contributed by atoms with E-state index in [-0.39, 0.29) is 29.4 Å². The molecule has 2 aliphatic rings. The lowest BCUT2D eigenvalue weighted by Gasteiger charge is -2.38. The smallest absolute Gasteiger partial charge is 0.490 e. The van der Waals surface area contributed by atoms with Crippen LogP contribution in [0.1, 0.15) is 42.3 Å². The molecular formula is C22H23F3N2O7. The van der Waals surface area contributed by atoms with Crippen LogP contribution in [-0.2, 0) is 22.5 Å². The number of esters is 1. The minimum atomic E-state index is -5.08. The van der Waals surface area contributed by atoms with Crippen molar-refractivity contribution in [2.75, 3.05) is 18.2 Å². The van der Waals surface area contributed by atoms with Crippen molar-refractivity contribution in [1.82, 2.24) is 4.68 Å². The first-order valence-corrected chi connectivity index (χ1v) is 10.4. The van der Waals surface area contributed by atoms with Crippen molar-refractivity contribution < 1.29 is 42.4 Å². The van der Waals surface area contributed by atoms with Gasteiger partial charge in [0.2, 0.25) is 0 Å². The van der Waals surface area contributed by atoms with Gasteiger partial charge in [0.1, 0.15) is 5.56 Å². The lowest BCUT2D eigenvalue weighted by atomic mass is 9.93. The molecule has 184 valence electrons. The van der Waals surface area contributed by atoms with Crippen molar-refractivity contribution in [2.24, 2.45) is 0 Å². The molecule has 9 nitrogen and oxygen atoms in total. The Morgan fingerprint density at radius 3 is 2.47 bits per heavy atom. The van der Waals surface area contributed by atoms with Crippen LogP contribution in [0.5, 0.6) is 11.5 Å². The number of ether oxygens (including phenoxy) is 2. The van der Waals surface area contributed by atoms with Crippen LogP contribution in [0.25, 0.3) is 11.3 Å². The van der Waals surface area contributed by atoms with Crippen LogP contribution in [0.3, 0.4) is 0 Å². The molecule has 2 N–H and O–H groups in total. The Hall–Kier alpha value is -3.70. The van der Waals surface area contributed by atoms with Crippen molar-refractivity contribution in [1.29, 1.82) is 0 Å². The Labute approximate surface area is 191 Å². The van der Waals surface area contributed by atoms with Crippen LogP contribution in [0.15, 0.2) is 23.1 Å². The van der Waals surface area contributed by atoms with Gasteiger partial charge in [-0.25, -0.2) is 9.59 Å². The zero-order valence-corrected chi connectivity index (χ0v) is 18.6. The number of carbonyl (C=O) groups is 2. The first-order chi connectivity index (χ1) is 15.9. The minimum absolute atomic E-state index is 0.0152. The van der Waals surface area contributed by atoms with E-state index in [1.165, 1.54) is 6.07 Å². The Kier molecular flexibility index (Phi) is 6.80. The van der Waals surface area contributed by atoms with Crippen molar-refractivity contribution >= 4 is 11.9 Å². The molecule has 34 heavy (non-hydrogen) atoms. The Balaban J connectivity index is 0.000000406. The number of aromatic hydroxyl groups is 1. The predicted octanol–water partition coefficient (Wildman–Crippen LogP) is 2.83. The molecule has 2 aliphatic heterocycles. The highest BCUT2D eigenvalue weighted by atomic mass is 19.4. The van der Waals surface area contributed by atoms with E-state index in [1.807, 2.05) is 23.5 Å². The average Bonchev–Trinajstić information content (AvgIpc) is 3.23. The molecule has 3 heterocycles. The lowest BCUT2D eigenvalue weighted by Crippen LogP contribution is -2.44. The Bertz CT molecular complexity index is 1190. The molecule has 0 atom stereocenters. The summed E-state index contributed by atoms with van der Waals surface area (Å²) in [7, 11) is 0. The monoisotopic (exact) mass is 484 g/mol. The van der Waals surface area contributed by atoms with E-state index >= 15 is 0 Å². The van der Waals surface area contributed by atoms with E-state index in [1.54, 1.807) is 19.2 Å². The molecule has 0 amide bonds. The van der Waals surface area contributed by atoms with Gasteiger partial charge in [-0.15, -0.1) is 0 Å². The molecule has 1 aromatic carbocycles. The number of halogens is 3. The quantitative estimate of drug-likeness (QED) is 0.639. The highest BCUT2D eigenvalue weighted by Crippen LogP contribution is 2.45. The van der Waals surface area contributed by atoms with Crippen molar-refractivity contribution in [3.63, 3.8) is 0 Å². The number of hydrogen-bond acceptors (Lipinski definition) is 7. The summed E-state index contributed by atoms with van der Waals surface area (Å²) in [5.74, 6) is -2.76. The third-order valence-corrected chi connectivity index (χ3v) is 5.27. The Morgan fingerprint density at radius 2 is 1.91 bits per heavy atom. The van der Waals surface area contributed by atoms with Crippen molar-refractivity contribution in [3.05, 3.63) is 45.2 Å². The molecule has 1 aromatic heterocycles. The number of alkyl halides is 3. The van der Waals surface area contributed by atoms with E-state index in [0.29, 0.717) is 31.0 Å². The fourth-order valence-corrected chi connectivity index (χ4v) is 3.83. The average molecular weight is 484 g/mol. The molecule has 12 heteroatoms.